The summed E-state index contributed by atoms with van der Waals surface area (Å²) in [5.74, 6) is -4.63. The molecule has 0 saturated heterocycles. The van der Waals surface area contributed by atoms with Crippen molar-refractivity contribution in [2.45, 2.75) is 11.1 Å². The highest BCUT2D eigenvalue weighted by Crippen LogP contribution is 2.44. The molecule has 0 atom stereocenters. The summed E-state index contributed by atoms with van der Waals surface area (Å²) >= 11 is 3.16. The van der Waals surface area contributed by atoms with E-state index in [4.69, 9.17) is 5.14 Å². The van der Waals surface area contributed by atoms with Crippen LogP contribution < -0.4 is 5.14 Å². The summed E-state index contributed by atoms with van der Waals surface area (Å²) in [6, 6.07) is 6.29. The van der Waals surface area contributed by atoms with Gasteiger partial charge in [0, 0.05) is 15.6 Å². The molecule has 1 aromatic heterocycles. The van der Waals surface area contributed by atoms with Gasteiger partial charge in [-0.2, -0.15) is 13.2 Å². The second-order valence-corrected chi connectivity index (χ2v) is 7.99. The van der Waals surface area contributed by atoms with Crippen molar-refractivity contribution in [2.24, 2.45) is 5.14 Å². The molecule has 1 heterocycles. The molecule has 0 fully saturated rings. The SMILES string of the molecule is NS(=O)(=O)c1cc(F)c(-c2c(-c3ccc(Br)cc3)noc2C(F)(F)F)cc1F. The third-order valence-corrected chi connectivity index (χ3v) is 5.12. The first-order valence-corrected chi connectivity index (χ1v) is 9.58. The lowest BCUT2D eigenvalue weighted by Gasteiger charge is -2.10. The van der Waals surface area contributed by atoms with Gasteiger partial charge in [0.1, 0.15) is 22.2 Å². The Morgan fingerprint density at radius 1 is 1.04 bits per heavy atom. The van der Waals surface area contributed by atoms with Crippen molar-refractivity contribution < 1.29 is 34.9 Å². The van der Waals surface area contributed by atoms with Crippen LogP contribution in [-0.2, 0) is 16.2 Å². The van der Waals surface area contributed by atoms with Crippen LogP contribution >= 0.6 is 15.9 Å². The highest BCUT2D eigenvalue weighted by Gasteiger charge is 2.42. The fourth-order valence-electron chi connectivity index (χ4n) is 2.48. The monoisotopic (exact) mass is 482 g/mol. The zero-order valence-electron chi connectivity index (χ0n) is 13.4. The minimum atomic E-state index is -5.07. The van der Waals surface area contributed by atoms with E-state index >= 15 is 0 Å². The van der Waals surface area contributed by atoms with Crippen molar-refractivity contribution in [3.63, 3.8) is 0 Å². The number of halogens is 6. The Hall–Kier alpha value is -2.31. The Morgan fingerprint density at radius 2 is 1.64 bits per heavy atom. The highest BCUT2D eigenvalue weighted by atomic mass is 79.9. The molecule has 148 valence electrons. The quantitative estimate of drug-likeness (QED) is 0.547. The van der Waals surface area contributed by atoms with Crippen LogP contribution in [0.4, 0.5) is 22.0 Å². The van der Waals surface area contributed by atoms with Crippen LogP contribution in [0, 0.1) is 11.6 Å². The number of aromatic nitrogens is 1. The first kappa shape index (κ1) is 20.4. The van der Waals surface area contributed by atoms with Gasteiger partial charge in [0.25, 0.3) is 0 Å². The molecule has 0 amide bonds. The van der Waals surface area contributed by atoms with Crippen molar-refractivity contribution in [1.29, 1.82) is 0 Å². The Balaban J connectivity index is 2.33. The van der Waals surface area contributed by atoms with Crippen LogP contribution in [-0.4, -0.2) is 13.6 Å². The van der Waals surface area contributed by atoms with E-state index < -0.39 is 55.3 Å². The first-order valence-electron chi connectivity index (χ1n) is 7.24. The van der Waals surface area contributed by atoms with Crippen LogP contribution in [0.3, 0.4) is 0 Å². The molecule has 2 N–H and O–H groups in total. The second-order valence-electron chi connectivity index (χ2n) is 5.55. The molecular weight excluding hydrogens is 475 g/mol. The lowest BCUT2D eigenvalue weighted by atomic mass is 9.98. The lowest BCUT2D eigenvalue weighted by Crippen LogP contribution is -2.15. The number of rotatable bonds is 3. The van der Waals surface area contributed by atoms with Gasteiger partial charge in [-0.05, 0) is 24.3 Å². The van der Waals surface area contributed by atoms with Crippen molar-refractivity contribution in [1.82, 2.24) is 5.16 Å². The van der Waals surface area contributed by atoms with E-state index in [0.29, 0.717) is 10.5 Å². The average Bonchev–Trinajstić information content (AvgIpc) is 3.01. The number of alkyl halides is 3. The molecule has 0 saturated carbocycles. The van der Waals surface area contributed by atoms with Gasteiger partial charge in [-0.1, -0.05) is 33.2 Å². The molecule has 0 unspecified atom stereocenters. The molecule has 5 nitrogen and oxygen atoms in total. The predicted molar refractivity (Wildman–Crippen MR) is 91.4 cm³/mol. The van der Waals surface area contributed by atoms with E-state index in [0.717, 1.165) is 0 Å². The lowest BCUT2D eigenvalue weighted by molar-refractivity contribution is -0.154. The number of nitrogens with two attached hydrogens (primary N) is 1. The zero-order chi connectivity index (χ0) is 20.9. The molecule has 3 rings (SSSR count). The third-order valence-electron chi connectivity index (χ3n) is 3.66. The minimum absolute atomic E-state index is 0.132. The van der Waals surface area contributed by atoms with Crippen molar-refractivity contribution in [2.75, 3.05) is 0 Å². The summed E-state index contributed by atoms with van der Waals surface area (Å²) in [6.07, 6.45) is -5.07. The van der Waals surface area contributed by atoms with Crippen LogP contribution in [0.2, 0.25) is 0 Å². The van der Waals surface area contributed by atoms with E-state index in [1.165, 1.54) is 24.3 Å². The summed E-state index contributed by atoms with van der Waals surface area (Å²) in [5, 5.41) is 8.14. The molecule has 0 spiro atoms. The van der Waals surface area contributed by atoms with Gasteiger partial charge >= 0.3 is 6.18 Å². The molecule has 0 aliphatic rings. The van der Waals surface area contributed by atoms with Gasteiger partial charge in [-0.25, -0.2) is 22.3 Å². The fourth-order valence-corrected chi connectivity index (χ4v) is 3.34. The largest absolute Gasteiger partial charge is 0.453 e. The molecule has 28 heavy (non-hydrogen) atoms. The Labute approximate surface area is 163 Å². The van der Waals surface area contributed by atoms with E-state index in [-0.39, 0.29) is 11.6 Å². The standard InChI is InChI=1S/C16H8BrF5N2O3S/c17-8-3-1-7(2-4-8)14-13(15(27-24-14)16(20,21)22)9-5-11(19)12(6-10(9)18)28(23,25)26/h1-6H,(H2,23,25,26). The summed E-state index contributed by atoms with van der Waals surface area (Å²) in [7, 11) is -4.63. The predicted octanol–water partition coefficient (Wildman–Crippen LogP) is 4.72. The fraction of sp³-hybridized carbons (Fsp3) is 0.0625. The number of hydrogen-bond donors (Lipinski definition) is 1. The highest BCUT2D eigenvalue weighted by molar-refractivity contribution is 9.10. The van der Waals surface area contributed by atoms with Gasteiger partial charge < -0.3 is 4.52 Å². The summed E-state index contributed by atoms with van der Waals surface area (Å²) in [6.45, 7) is 0. The summed E-state index contributed by atoms with van der Waals surface area (Å²) < 4.78 is 96.4. The molecule has 0 radical (unpaired) electrons. The van der Waals surface area contributed by atoms with Gasteiger partial charge in [0.05, 0.1) is 5.56 Å². The number of hydrogen-bond acceptors (Lipinski definition) is 4. The van der Waals surface area contributed by atoms with Gasteiger partial charge in [-0.3, -0.25) is 0 Å². The molecular formula is C16H8BrF5N2O3S. The molecule has 12 heteroatoms. The van der Waals surface area contributed by atoms with Crippen LogP contribution in [0.15, 0.2) is 50.3 Å². The molecule has 3 aromatic rings. The Morgan fingerprint density at radius 3 is 2.18 bits per heavy atom. The second kappa shape index (κ2) is 6.94. The Kier molecular flexibility index (Phi) is 5.06. The van der Waals surface area contributed by atoms with Crippen molar-refractivity contribution in [3.8, 4) is 22.4 Å². The van der Waals surface area contributed by atoms with Crippen LogP contribution in [0.25, 0.3) is 22.4 Å². The molecule has 0 aliphatic heterocycles. The minimum Gasteiger partial charge on any atom is -0.350 e. The third kappa shape index (κ3) is 3.80. The maximum absolute atomic E-state index is 14.5. The first-order chi connectivity index (χ1) is 12.9. The smallest absolute Gasteiger partial charge is 0.350 e. The summed E-state index contributed by atoms with van der Waals surface area (Å²) in [4.78, 5) is -1.19. The topological polar surface area (TPSA) is 86.2 Å². The maximum Gasteiger partial charge on any atom is 0.453 e. The van der Waals surface area contributed by atoms with Crippen LogP contribution in [0.5, 0.6) is 0 Å². The molecule has 0 bridgehead atoms. The summed E-state index contributed by atoms with van der Waals surface area (Å²) in [5.41, 5.74) is -2.02. The zero-order valence-corrected chi connectivity index (χ0v) is 15.8. The normalized spacial score (nSPS) is 12.4. The van der Waals surface area contributed by atoms with Gasteiger partial charge in [-0.15, -0.1) is 0 Å². The van der Waals surface area contributed by atoms with E-state index in [1.54, 1.807) is 0 Å². The number of sulfonamides is 1. The number of primary sulfonamides is 1. The van der Waals surface area contributed by atoms with Crippen LogP contribution in [0.1, 0.15) is 5.76 Å². The molecule has 0 aliphatic carbocycles. The average molecular weight is 483 g/mol. The van der Waals surface area contributed by atoms with E-state index in [9.17, 15) is 30.4 Å². The maximum atomic E-state index is 14.5. The van der Waals surface area contributed by atoms with Gasteiger partial charge in [0.2, 0.25) is 15.8 Å². The van der Waals surface area contributed by atoms with Crippen molar-refractivity contribution in [3.05, 3.63) is 58.3 Å². The van der Waals surface area contributed by atoms with Crippen molar-refractivity contribution >= 4 is 26.0 Å². The van der Waals surface area contributed by atoms with Gasteiger partial charge in [0.15, 0.2) is 0 Å². The molecule has 2 aromatic carbocycles. The number of benzene rings is 2. The van der Waals surface area contributed by atoms with E-state index in [2.05, 4.69) is 25.6 Å². The van der Waals surface area contributed by atoms with E-state index in [1.807, 2.05) is 0 Å². The number of nitrogens with zero attached hydrogens (tertiary/aromatic N) is 1. The Bertz CT molecular complexity index is 1160.